The summed E-state index contributed by atoms with van der Waals surface area (Å²) in [6, 6.07) is 3.13. The summed E-state index contributed by atoms with van der Waals surface area (Å²) in [6.45, 7) is 4.14. The Hall–Kier alpha value is -1.87. The highest BCUT2D eigenvalue weighted by molar-refractivity contribution is 9.11. The lowest BCUT2D eigenvalue weighted by Crippen LogP contribution is -2.31. The molecule has 0 bridgehead atoms. The van der Waals surface area contributed by atoms with E-state index in [1.807, 2.05) is 0 Å². The third kappa shape index (κ3) is 2.92. The molecule has 0 spiro atoms. The molecule has 0 saturated heterocycles. The van der Waals surface area contributed by atoms with E-state index >= 15 is 0 Å². The Morgan fingerprint density at radius 1 is 1.19 bits per heavy atom. The fraction of sp³-hybridized carbons (Fsp3) is 0.353. The molecule has 0 radical (unpaired) electrons. The van der Waals surface area contributed by atoms with Crippen molar-refractivity contribution in [3.05, 3.63) is 37.9 Å². The number of halogens is 2. The van der Waals surface area contributed by atoms with E-state index in [2.05, 4.69) is 66.7 Å². The molecule has 0 fully saturated rings. The maximum atomic E-state index is 13.0. The van der Waals surface area contributed by atoms with Crippen molar-refractivity contribution in [1.29, 1.82) is 0 Å². The Labute approximate surface area is 166 Å². The largest absolute Gasteiger partial charge is 0.506 e. The van der Waals surface area contributed by atoms with Crippen LogP contribution in [0.4, 0.5) is 11.6 Å². The maximum absolute atomic E-state index is 13.0. The lowest BCUT2D eigenvalue weighted by molar-refractivity contribution is -0.118. The van der Waals surface area contributed by atoms with E-state index in [1.54, 1.807) is 12.1 Å². The van der Waals surface area contributed by atoms with Gasteiger partial charge in [-0.1, -0.05) is 13.8 Å². The first-order chi connectivity index (χ1) is 12.2. The number of nitrogens with one attached hydrogen (secondary N) is 2. The number of benzene rings is 1. The molecular weight excluding hydrogens is 468 g/mol. The summed E-state index contributed by atoms with van der Waals surface area (Å²) in [5.74, 6) is 1.08. The third-order valence-electron chi connectivity index (χ3n) is 4.62. The molecule has 1 atom stereocenters. The lowest BCUT2D eigenvalue weighted by atomic mass is 9.73. The van der Waals surface area contributed by atoms with Crippen LogP contribution in [-0.2, 0) is 4.79 Å². The number of allylic oxidation sites excluding steroid dienone is 1. The number of fused-ring (bicyclic) bond motifs is 1. The van der Waals surface area contributed by atoms with Gasteiger partial charge in [-0.25, -0.2) is 4.63 Å². The molecule has 26 heavy (non-hydrogen) atoms. The number of carbonyl (C=O) groups excluding carboxylic acids is 1. The molecule has 4 rings (SSSR count). The predicted molar refractivity (Wildman–Crippen MR) is 103 cm³/mol. The second kappa shape index (κ2) is 6.09. The topological polar surface area (TPSA) is 100 Å². The monoisotopic (exact) mass is 482 g/mol. The van der Waals surface area contributed by atoms with Gasteiger partial charge in [-0.3, -0.25) is 4.79 Å². The summed E-state index contributed by atoms with van der Waals surface area (Å²) in [5.41, 5.74) is 2.14. The molecule has 3 N–H and O–H groups in total. The zero-order valence-electron chi connectivity index (χ0n) is 14.1. The Morgan fingerprint density at radius 3 is 2.54 bits per heavy atom. The normalized spacial score (nSPS) is 21.4. The van der Waals surface area contributed by atoms with Crippen LogP contribution in [0.15, 0.2) is 37.0 Å². The fourth-order valence-corrected chi connectivity index (χ4v) is 4.72. The minimum absolute atomic E-state index is 0.0728. The van der Waals surface area contributed by atoms with Gasteiger partial charge in [-0.15, -0.1) is 0 Å². The first-order valence-electron chi connectivity index (χ1n) is 8.05. The van der Waals surface area contributed by atoms with Crippen LogP contribution in [0.5, 0.6) is 5.75 Å². The number of anilines is 2. The Morgan fingerprint density at radius 2 is 1.85 bits per heavy atom. The number of rotatable bonds is 1. The third-order valence-corrected chi connectivity index (χ3v) is 5.83. The highest BCUT2D eigenvalue weighted by atomic mass is 79.9. The smallest absolute Gasteiger partial charge is 0.219 e. The van der Waals surface area contributed by atoms with E-state index in [1.165, 1.54) is 0 Å². The van der Waals surface area contributed by atoms with Crippen molar-refractivity contribution in [2.75, 3.05) is 10.6 Å². The first-order valence-corrected chi connectivity index (χ1v) is 9.64. The van der Waals surface area contributed by atoms with E-state index < -0.39 is 6.04 Å². The van der Waals surface area contributed by atoms with Crippen molar-refractivity contribution < 1.29 is 14.5 Å². The van der Waals surface area contributed by atoms with E-state index in [9.17, 15) is 9.90 Å². The number of carbonyl (C=O) groups is 1. The van der Waals surface area contributed by atoms with Crippen LogP contribution in [0, 0.1) is 5.41 Å². The van der Waals surface area contributed by atoms with Crippen molar-refractivity contribution in [3.8, 4) is 5.75 Å². The highest BCUT2D eigenvalue weighted by Crippen LogP contribution is 2.46. The SMILES string of the molecule is CC1(C)CC(=O)C2=C(C1)Nc1nonc1NC2c1cc(Br)c(O)c(Br)c1. The van der Waals surface area contributed by atoms with Crippen molar-refractivity contribution >= 4 is 49.3 Å². The molecule has 2 aromatic rings. The van der Waals surface area contributed by atoms with Gasteiger partial charge >= 0.3 is 0 Å². The standard InChI is InChI=1S/C17H16Br2N4O3/c1-17(2)5-10-12(11(24)6-17)13(21-16-15(20-10)22-26-23-16)7-3-8(18)14(25)9(19)4-7/h3-4,13,25H,5-6H2,1-2H3,(H,20,22)(H,21,23). The van der Waals surface area contributed by atoms with Crippen molar-refractivity contribution in [3.63, 3.8) is 0 Å². The zero-order valence-corrected chi connectivity index (χ0v) is 17.2. The molecule has 0 saturated carbocycles. The first kappa shape index (κ1) is 17.5. The summed E-state index contributed by atoms with van der Waals surface area (Å²) in [5, 5.41) is 24.3. The summed E-state index contributed by atoms with van der Waals surface area (Å²) >= 11 is 6.72. The summed E-state index contributed by atoms with van der Waals surface area (Å²) in [4.78, 5) is 13.0. The molecule has 136 valence electrons. The molecule has 1 aliphatic carbocycles. The average Bonchev–Trinajstić information content (AvgIpc) is 2.90. The van der Waals surface area contributed by atoms with Gasteiger partial charge < -0.3 is 15.7 Å². The highest BCUT2D eigenvalue weighted by Gasteiger charge is 2.40. The van der Waals surface area contributed by atoms with Crippen LogP contribution < -0.4 is 10.6 Å². The van der Waals surface area contributed by atoms with Crippen LogP contribution in [0.1, 0.15) is 38.3 Å². The molecule has 0 amide bonds. The van der Waals surface area contributed by atoms with Gasteiger partial charge in [0.05, 0.1) is 15.0 Å². The van der Waals surface area contributed by atoms with Crippen molar-refractivity contribution in [2.24, 2.45) is 5.41 Å². The van der Waals surface area contributed by atoms with E-state index in [4.69, 9.17) is 4.63 Å². The van der Waals surface area contributed by atoms with Crippen molar-refractivity contribution in [1.82, 2.24) is 10.3 Å². The number of nitrogens with zero attached hydrogens (tertiary/aromatic N) is 2. The molecule has 1 aromatic heterocycles. The lowest BCUT2D eigenvalue weighted by Gasteiger charge is -2.34. The number of hydrogen-bond acceptors (Lipinski definition) is 7. The van der Waals surface area contributed by atoms with Gasteiger partial charge in [0.2, 0.25) is 11.6 Å². The number of aromatic hydroxyl groups is 1. The number of aromatic nitrogens is 2. The summed E-state index contributed by atoms with van der Waals surface area (Å²) in [7, 11) is 0. The van der Waals surface area contributed by atoms with Gasteiger partial charge in [-0.2, -0.15) is 0 Å². The van der Waals surface area contributed by atoms with Gasteiger partial charge in [-0.05, 0) is 71.7 Å². The fourth-order valence-electron chi connectivity index (χ4n) is 3.50. The number of phenolic OH excluding ortho intramolecular Hbond substituents is 1. The number of phenols is 1. The van der Waals surface area contributed by atoms with Crippen LogP contribution in [0.2, 0.25) is 0 Å². The number of ketones is 1. The van der Waals surface area contributed by atoms with E-state index in [-0.39, 0.29) is 16.9 Å². The Bertz CT molecular complexity index is 928. The zero-order chi connectivity index (χ0) is 18.6. The molecule has 1 aromatic carbocycles. The van der Waals surface area contributed by atoms with Crippen LogP contribution in [0.3, 0.4) is 0 Å². The van der Waals surface area contributed by atoms with Gasteiger partial charge in [0, 0.05) is 17.7 Å². The minimum Gasteiger partial charge on any atom is -0.506 e. The molecule has 1 unspecified atom stereocenters. The van der Waals surface area contributed by atoms with Crippen molar-refractivity contribution in [2.45, 2.75) is 32.7 Å². The number of hydrogen-bond donors (Lipinski definition) is 3. The second-order valence-electron chi connectivity index (χ2n) is 7.33. The predicted octanol–water partition coefficient (Wildman–Crippen LogP) is 4.52. The molecular formula is C17H16Br2N4O3. The van der Waals surface area contributed by atoms with Crippen LogP contribution in [-0.4, -0.2) is 21.2 Å². The van der Waals surface area contributed by atoms with Gasteiger partial charge in [0.15, 0.2) is 5.78 Å². The minimum atomic E-state index is -0.442. The number of Topliss-reactive ketones (excluding diaryl/α,β-unsaturated/α-hetero) is 1. The molecule has 2 aliphatic rings. The maximum Gasteiger partial charge on any atom is 0.219 e. The molecule has 7 nitrogen and oxygen atoms in total. The molecule has 9 heteroatoms. The Kier molecular flexibility index (Phi) is 4.11. The van der Waals surface area contributed by atoms with E-state index in [0.29, 0.717) is 39.0 Å². The summed E-state index contributed by atoms with van der Waals surface area (Å²) in [6.07, 6.45) is 1.17. The summed E-state index contributed by atoms with van der Waals surface area (Å²) < 4.78 is 5.91. The Balaban J connectivity index is 1.90. The second-order valence-corrected chi connectivity index (χ2v) is 9.04. The van der Waals surface area contributed by atoms with Crippen LogP contribution >= 0.6 is 31.9 Å². The molecule has 2 heterocycles. The van der Waals surface area contributed by atoms with Gasteiger partial charge in [0.1, 0.15) is 5.75 Å². The molecule has 1 aliphatic heterocycles. The van der Waals surface area contributed by atoms with E-state index in [0.717, 1.165) is 11.3 Å². The quantitative estimate of drug-likeness (QED) is 0.548. The average molecular weight is 484 g/mol. The van der Waals surface area contributed by atoms with Crippen LogP contribution in [0.25, 0.3) is 0 Å². The van der Waals surface area contributed by atoms with Gasteiger partial charge in [0.25, 0.3) is 0 Å².